The van der Waals surface area contributed by atoms with Gasteiger partial charge in [-0.15, -0.1) is 0 Å². The molecule has 6 N–H and O–H groups in total. The van der Waals surface area contributed by atoms with Gasteiger partial charge in [-0.3, -0.25) is 0 Å². The van der Waals surface area contributed by atoms with E-state index in [-0.39, 0.29) is 11.7 Å². The van der Waals surface area contributed by atoms with E-state index in [2.05, 4.69) is 4.74 Å². The lowest BCUT2D eigenvalue weighted by molar-refractivity contribution is -0.142. The van der Waals surface area contributed by atoms with Crippen LogP contribution in [0.1, 0.15) is 0 Å². The van der Waals surface area contributed by atoms with Gasteiger partial charge in [0.2, 0.25) is 11.9 Å². The van der Waals surface area contributed by atoms with Gasteiger partial charge in [0, 0.05) is 0 Å². The van der Waals surface area contributed by atoms with Crippen LogP contribution in [0.5, 0.6) is 0 Å². The second-order valence-corrected chi connectivity index (χ2v) is 2.07. The first-order chi connectivity index (χ1) is 5.57. The van der Waals surface area contributed by atoms with Gasteiger partial charge >= 0.3 is 5.97 Å². The zero-order valence-electron chi connectivity index (χ0n) is 6.26. The van der Waals surface area contributed by atoms with Crippen molar-refractivity contribution in [2.24, 2.45) is 0 Å². The Morgan fingerprint density at radius 3 is 2.31 bits per heavy atom. The summed E-state index contributed by atoms with van der Waals surface area (Å²) >= 11 is 0. The summed E-state index contributed by atoms with van der Waals surface area (Å²) in [5.74, 6) is -3.69. The molecule has 0 radical (unpaired) electrons. The van der Waals surface area contributed by atoms with Crippen molar-refractivity contribution < 1.29 is 35.4 Å². The fourth-order valence-electron chi connectivity index (χ4n) is 0.716. The molecule has 0 aromatic rings. The first kappa shape index (κ1) is 11.1. The summed E-state index contributed by atoms with van der Waals surface area (Å²) in [5.41, 5.74) is 0. The zero-order valence-corrected chi connectivity index (χ0v) is 6.26. The van der Waals surface area contributed by atoms with Crippen molar-refractivity contribution in [3.8, 4) is 0 Å². The third kappa shape index (κ3) is 1.64. The topological polar surface area (TPSA) is 139 Å². The van der Waals surface area contributed by atoms with Crippen LogP contribution in [-0.2, 0) is 9.53 Å². The number of aliphatic hydroxyl groups excluding tert-OH is 4. The van der Waals surface area contributed by atoms with Crippen LogP contribution in [0, 0.1) is 0 Å². The molecule has 1 aliphatic heterocycles. The van der Waals surface area contributed by atoms with Crippen LogP contribution in [0.2, 0.25) is 0 Å². The lowest BCUT2D eigenvalue weighted by Crippen LogP contribution is -2.14. The van der Waals surface area contributed by atoms with Crippen molar-refractivity contribution in [1.82, 2.24) is 0 Å². The SMILES string of the molecule is O.O=C1O[C@H](/C(O)=C/O)C(O)=C1O. The molecule has 0 saturated heterocycles. The Bertz CT molecular complexity index is 277. The minimum atomic E-state index is -1.50. The van der Waals surface area contributed by atoms with Crippen molar-refractivity contribution >= 4 is 5.97 Å². The van der Waals surface area contributed by atoms with Crippen molar-refractivity contribution in [3.05, 3.63) is 23.5 Å². The van der Waals surface area contributed by atoms with Gasteiger partial charge in [0.05, 0.1) is 0 Å². The molecule has 0 spiro atoms. The standard InChI is InChI=1S/C6H6O6.H2O/c7-1-2(8)5-3(9)4(10)6(11)12-5;/h1,5,7-10H;1H2/b2-1-;/t5-;/m1./s1. The molecule has 1 aliphatic rings. The highest BCUT2D eigenvalue weighted by Gasteiger charge is 2.37. The molecule has 7 heteroatoms. The van der Waals surface area contributed by atoms with E-state index in [9.17, 15) is 4.79 Å². The van der Waals surface area contributed by atoms with Gasteiger partial charge in [0.25, 0.3) is 0 Å². The summed E-state index contributed by atoms with van der Waals surface area (Å²) in [7, 11) is 0. The summed E-state index contributed by atoms with van der Waals surface area (Å²) in [5, 5.41) is 34.7. The summed E-state index contributed by atoms with van der Waals surface area (Å²) in [6, 6.07) is 0. The normalized spacial score (nSPS) is 22.6. The minimum Gasteiger partial charge on any atom is -0.512 e. The van der Waals surface area contributed by atoms with Crippen LogP contribution < -0.4 is 0 Å². The molecule has 13 heavy (non-hydrogen) atoms. The molecule has 74 valence electrons. The van der Waals surface area contributed by atoms with Gasteiger partial charge in [0.15, 0.2) is 11.5 Å². The van der Waals surface area contributed by atoms with Crippen LogP contribution in [0.4, 0.5) is 0 Å². The maximum atomic E-state index is 10.5. The molecule has 0 aliphatic carbocycles. The van der Waals surface area contributed by atoms with Crippen LogP contribution in [0.15, 0.2) is 23.5 Å². The summed E-state index contributed by atoms with van der Waals surface area (Å²) in [4.78, 5) is 10.5. The highest BCUT2D eigenvalue weighted by atomic mass is 16.6. The van der Waals surface area contributed by atoms with Crippen LogP contribution in [0.25, 0.3) is 0 Å². The predicted molar refractivity (Wildman–Crippen MR) is 39.1 cm³/mol. The van der Waals surface area contributed by atoms with Crippen molar-refractivity contribution in [1.29, 1.82) is 0 Å². The first-order valence-electron chi connectivity index (χ1n) is 2.94. The highest BCUT2D eigenvalue weighted by molar-refractivity contribution is 5.89. The average molecular weight is 192 g/mol. The maximum absolute atomic E-state index is 10.5. The monoisotopic (exact) mass is 192 g/mol. The van der Waals surface area contributed by atoms with E-state index >= 15 is 0 Å². The Morgan fingerprint density at radius 2 is 2.00 bits per heavy atom. The van der Waals surface area contributed by atoms with E-state index in [4.69, 9.17) is 20.4 Å². The molecule has 0 fully saturated rings. The Morgan fingerprint density at radius 1 is 1.46 bits per heavy atom. The van der Waals surface area contributed by atoms with E-state index in [1.54, 1.807) is 0 Å². The molecule has 0 amide bonds. The second-order valence-electron chi connectivity index (χ2n) is 2.07. The fourth-order valence-corrected chi connectivity index (χ4v) is 0.716. The van der Waals surface area contributed by atoms with Gasteiger partial charge in [0.1, 0.15) is 6.26 Å². The smallest absolute Gasteiger partial charge is 0.378 e. The molecular formula is C6H8O7. The number of hydrogen-bond acceptors (Lipinski definition) is 6. The third-order valence-electron chi connectivity index (χ3n) is 1.31. The average Bonchev–Trinajstić information content (AvgIpc) is 2.32. The van der Waals surface area contributed by atoms with Gasteiger partial charge in [-0.25, -0.2) is 4.79 Å². The molecule has 7 nitrogen and oxygen atoms in total. The quantitative estimate of drug-likeness (QED) is 0.322. The molecule has 0 unspecified atom stereocenters. The summed E-state index contributed by atoms with van der Waals surface area (Å²) in [6.07, 6.45) is -1.24. The van der Waals surface area contributed by atoms with E-state index in [1.807, 2.05) is 0 Å². The van der Waals surface area contributed by atoms with Crippen LogP contribution >= 0.6 is 0 Å². The minimum absolute atomic E-state index is 0. The Kier molecular flexibility index (Phi) is 3.14. The number of aliphatic hydroxyl groups is 4. The summed E-state index contributed by atoms with van der Waals surface area (Å²) < 4.78 is 4.25. The second kappa shape index (κ2) is 3.68. The lowest BCUT2D eigenvalue weighted by Gasteiger charge is -2.06. The van der Waals surface area contributed by atoms with Crippen LogP contribution in [0.3, 0.4) is 0 Å². The Hall–Kier alpha value is -1.89. The summed E-state index contributed by atoms with van der Waals surface area (Å²) in [6.45, 7) is 0. The van der Waals surface area contributed by atoms with E-state index in [0.29, 0.717) is 0 Å². The third-order valence-corrected chi connectivity index (χ3v) is 1.31. The van der Waals surface area contributed by atoms with Crippen LogP contribution in [-0.4, -0.2) is 38.0 Å². The fraction of sp³-hybridized carbons (Fsp3) is 0.167. The highest BCUT2D eigenvalue weighted by Crippen LogP contribution is 2.22. The van der Waals surface area contributed by atoms with Crippen molar-refractivity contribution in [2.75, 3.05) is 0 Å². The van der Waals surface area contributed by atoms with Gasteiger partial charge in [-0.05, 0) is 0 Å². The Labute approximate surface area is 72.1 Å². The molecule has 0 aromatic heterocycles. The first-order valence-corrected chi connectivity index (χ1v) is 2.94. The number of hydrogen-bond donors (Lipinski definition) is 4. The number of ether oxygens (including phenoxy) is 1. The number of rotatable bonds is 1. The van der Waals surface area contributed by atoms with Gasteiger partial charge in [-0.2, -0.15) is 0 Å². The van der Waals surface area contributed by atoms with E-state index in [0.717, 1.165) is 0 Å². The van der Waals surface area contributed by atoms with E-state index < -0.39 is 29.4 Å². The maximum Gasteiger partial charge on any atom is 0.378 e. The van der Waals surface area contributed by atoms with Crippen molar-refractivity contribution in [3.63, 3.8) is 0 Å². The molecule has 1 rings (SSSR count). The number of carbonyl (C=O) groups excluding carboxylic acids is 1. The lowest BCUT2D eigenvalue weighted by atomic mass is 10.2. The number of carbonyl (C=O) groups is 1. The Balaban J connectivity index is 0.00000144. The molecule has 1 atom stereocenters. The molecular weight excluding hydrogens is 184 g/mol. The molecule has 0 bridgehead atoms. The number of cyclic esters (lactones) is 1. The van der Waals surface area contributed by atoms with Gasteiger partial charge < -0.3 is 30.6 Å². The molecule has 0 saturated carbocycles. The van der Waals surface area contributed by atoms with Gasteiger partial charge in [-0.1, -0.05) is 0 Å². The number of esters is 1. The zero-order chi connectivity index (χ0) is 9.30. The predicted octanol–water partition coefficient (Wildman–Crippen LogP) is -0.628. The molecule has 1 heterocycles. The van der Waals surface area contributed by atoms with E-state index in [1.165, 1.54) is 0 Å². The van der Waals surface area contributed by atoms with Crippen molar-refractivity contribution in [2.45, 2.75) is 6.10 Å². The molecule has 0 aromatic carbocycles. The largest absolute Gasteiger partial charge is 0.512 e.